The summed E-state index contributed by atoms with van der Waals surface area (Å²) in [6.45, 7) is 13.2. The van der Waals surface area contributed by atoms with Crippen LogP contribution in [0, 0.1) is 0 Å². The number of hydrogen-bond acceptors (Lipinski definition) is 4. The molecular formula is C15H30N4O3. The van der Waals surface area contributed by atoms with Crippen molar-refractivity contribution in [3.8, 4) is 0 Å². The van der Waals surface area contributed by atoms with Crippen LogP contribution in [0.2, 0.25) is 0 Å². The summed E-state index contributed by atoms with van der Waals surface area (Å²) in [6, 6.07) is 0. The zero-order valence-corrected chi connectivity index (χ0v) is 14.5. The van der Waals surface area contributed by atoms with Gasteiger partial charge in [-0.15, -0.1) is 0 Å². The summed E-state index contributed by atoms with van der Waals surface area (Å²) in [5.41, 5.74) is 5.51. The quantitative estimate of drug-likeness (QED) is 0.480. The number of guanidine groups is 1. The number of hydrogen-bond donors (Lipinski definition) is 1. The minimum atomic E-state index is -0.467. The Labute approximate surface area is 133 Å². The van der Waals surface area contributed by atoms with Crippen LogP contribution in [0.4, 0.5) is 4.79 Å². The molecule has 0 bridgehead atoms. The third kappa shape index (κ3) is 6.98. The molecule has 0 unspecified atom stereocenters. The molecule has 128 valence electrons. The Hall–Kier alpha value is -1.50. The van der Waals surface area contributed by atoms with Gasteiger partial charge in [0.2, 0.25) is 0 Å². The number of nitrogens with two attached hydrogens (primary N) is 1. The molecule has 1 rings (SSSR count). The second-order valence-electron chi connectivity index (χ2n) is 6.61. The number of aliphatic imine (C=N–C) groups is 1. The maximum Gasteiger partial charge on any atom is 0.410 e. The van der Waals surface area contributed by atoms with Crippen LogP contribution in [-0.2, 0) is 9.47 Å². The normalized spacial score (nSPS) is 17.1. The van der Waals surface area contributed by atoms with Gasteiger partial charge in [-0.05, 0) is 34.6 Å². The molecule has 1 amide bonds. The molecule has 2 N–H and O–H groups in total. The first-order valence-electron chi connectivity index (χ1n) is 7.83. The highest BCUT2D eigenvalue weighted by Crippen LogP contribution is 2.11. The predicted octanol–water partition coefficient (Wildman–Crippen LogP) is 1.28. The summed E-state index contributed by atoms with van der Waals surface area (Å²) in [5.74, 6) is 0.510. The minimum Gasteiger partial charge on any atom is -0.444 e. The first-order valence-corrected chi connectivity index (χ1v) is 7.83. The first-order chi connectivity index (χ1) is 10.2. The van der Waals surface area contributed by atoms with Crippen molar-refractivity contribution < 1.29 is 14.3 Å². The van der Waals surface area contributed by atoms with Gasteiger partial charge in [0.15, 0.2) is 5.96 Å². The SMILES string of the molecule is CC(C)OCCN=C(N)N1CCN(C(=O)OC(C)(C)C)CC1. The van der Waals surface area contributed by atoms with Crippen LogP contribution in [0.1, 0.15) is 34.6 Å². The number of amides is 1. The van der Waals surface area contributed by atoms with Gasteiger partial charge in [-0.25, -0.2) is 4.79 Å². The summed E-state index contributed by atoms with van der Waals surface area (Å²) < 4.78 is 10.8. The van der Waals surface area contributed by atoms with Gasteiger partial charge in [0.25, 0.3) is 0 Å². The van der Waals surface area contributed by atoms with Gasteiger partial charge in [-0.3, -0.25) is 4.99 Å². The van der Waals surface area contributed by atoms with Crippen LogP contribution < -0.4 is 5.73 Å². The van der Waals surface area contributed by atoms with E-state index in [0.29, 0.717) is 45.3 Å². The highest BCUT2D eigenvalue weighted by molar-refractivity contribution is 5.78. The Kier molecular flexibility index (Phi) is 6.93. The molecule has 0 aliphatic carbocycles. The lowest BCUT2D eigenvalue weighted by Crippen LogP contribution is -2.53. The predicted molar refractivity (Wildman–Crippen MR) is 87.0 cm³/mol. The maximum atomic E-state index is 12.0. The molecular weight excluding hydrogens is 284 g/mol. The van der Waals surface area contributed by atoms with E-state index in [1.807, 2.05) is 39.5 Å². The molecule has 0 saturated carbocycles. The van der Waals surface area contributed by atoms with E-state index < -0.39 is 5.60 Å². The van der Waals surface area contributed by atoms with Gasteiger partial charge in [-0.1, -0.05) is 0 Å². The van der Waals surface area contributed by atoms with Crippen molar-refractivity contribution in [2.45, 2.75) is 46.3 Å². The monoisotopic (exact) mass is 314 g/mol. The first kappa shape index (κ1) is 18.5. The molecule has 0 aromatic rings. The van der Waals surface area contributed by atoms with Crippen molar-refractivity contribution in [3.05, 3.63) is 0 Å². The lowest BCUT2D eigenvalue weighted by atomic mass is 10.2. The van der Waals surface area contributed by atoms with Crippen LogP contribution in [0.15, 0.2) is 4.99 Å². The highest BCUT2D eigenvalue weighted by atomic mass is 16.6. The number of rotatable bonds is 4. The average molecular weight is 314 g/mol. The van der Waals surface area contributed by atoms with Crippen LogP contribution in [-0.4, -0.2) is 72.9 Å². The number of carbonyl (C=O) groups is 1. The summed E-state index contributed by atoms with van der Waals surface area (Å²) in [5, 5.41) is 0. The molecule has 0 aromatic carbocycles. The van der Waals surface area contributed by atoms with Gasteiger partial charge in [0.1, 0.15) is 5.60 Å². The zero-order chi connectivity index (χ0) is 16.8. The van der Waals surface area contributed by atoms with Crippen LogP contribution in [0.5, 0.6) is 0 Å². The number of carbonyl (C=O) groups excluding carboxylic acids is 1. The summed E-state index contributed by atoms with van der Waals surface area (Å²) in [4.78, 5) is 20.0. The largest absolute Gasteiger partial charge is 0.444 e. The van der Waals surface area contributed by atoms with Gasteiger partial charge >= 0.3 is 6.09 Å². The van der Waals surface area contributed by atoms with E-state index in [0.717, 1.165) is 0 Å². The van der Waals surface area contributed by atoms with Crippen molar-refractivity contribution in [1.82, 2.24) is 9.80 Å². The molecule has 1 saturated heterocycles. The second-order valence-corrected chi connectivity index (χ2v) is 6.61. The van der Waals surface area contributed by atoms with E-state index in [1.54, 1.807) is 4.90 Å². The fourth-order valence-corrected chi connectivity index (χ4v) is 1.99. The standard InChI is InChI=1S/C15H30N4O3/c1-12(2)21-11-6-17-13(16)18-7-9-19(10-8-18)14(20)22-15(3,4)5/h12H,6-11H2,1-5H3,(H2,16,17). The molecule has 0 radical (unpaired) electrons. The number of piperazine rings is 1. The van der Waals surface area contributed by atoms with Crippen LogP contribution >= 0.6 is 0 Å². The molecule has 22 heavy (non-hydrogen) atoms. The van der Waals surface area contributed by atoms with E-state index in [2.05, 4.69) is 4.99 Å². The van der Waals surface area contributed by atoms with E-state index in [9.17, 15) is 4.79 Å². The molecule has 7 nitrogen and oxygen atoms in total. The van der Waals surface area contributed by atoms with E-state index in [4.69, 9.17) is 15.2 Å². The Bertz CT molecular complexity index is 383. The third-order valence-corrected chi connectivity index (χ3v) is 3.07. The molecule has 1 aliphatic rings. The van der Waals surface area contributed by atoms with E-state index in [-0.39, 0.29) is 12.2 Å². The van der Waals surface area contributed by atoms with Crippen molar-refractivity contribution in [2.75, 3.05) is 39.3 Å². The Morgan fingerprint density at radius 2 is 1.73 bits per heavy atom. The number of nitrogens with zero attached hydrogens (tertiary/aromatic N) is 3. The maximum absolute atomic E-state index is 12.0. The fraction of sp³-hybridized carbons (Fsp3) is 0.867. The number of ether oxygens (including phenoxy) is 2. The van der Waals surface area contributed by atoms with Gasteiger partial charge in [0.05, 0.1) is 19.3 Å². The Morgan fingerprint density at radius 1 is 1.18 bits per heavy atom. The van der Waals surface area contributed by atoms with Crippen LogP contribution in [0.25, 0.3) is 0 Å². The van der Waals surface area contributed by atoms with E-state index in [1.165, 1.54) is 0 Å². The third-order valence-electron chi connectivity index (χ3n) is 3.07. The lowest BCUT2D eigenvalue weighted by molar-refractivity contribution is 0.0186. The highest BCUT2D eigenvalue weighted by Gasteiger charge is 2.26. The molecule has 0 aromatic heterocycles. The van der Waals surface area contributed by atoms with Crippen molar-refractivity contribution in [1.29, 1.82) is 0 Å². The second kappa shape index (κ2) is 8.22. The average Bonchev–Trinajstić information content (AvgIpc) is 2.41. The molecule has 1 fully saturated rings. The molecule has 0 atom stereocenters. The van der Waals surface area contributed by atoms with Crippen molar-refractivity contribution in [2.24, 2.45) is 10.7 Å². The van der Waals surface area contributed by atoms with Gasteiger partial charge in [-0.2, -0.15) is 0 Å². The van der Waals surface area contributed by atoms with Crippen LogP contribution in [0.3, 0.4) is 0 Å². The smallest absolute Gasteiger partial charge is 0.410 e. The lowest BCUT2D eigenvalue weighted by Gasteiger charge is -2.36. The van der Waals surface area contributed by atoms with Gasteiger partial charge in [0, 0.05) is 26.2 Å². The van der Waals surface area contributed by atoms with Gasteiger partial charge < -0.3 is 25.0 Å². The fourth-order valence-electron chi connectivity index (χ4n) is 1.99. The summed E-state index contributed by atoms with van der Waals surface area (Å²) >= 11 is 0. The summed E-state index contributed by atoms with van der Waals surface area (Å²) in [7, 11) is 0. The Morgan fingerprint density at radius 3 is 2.23 bits per heavy atom. The topological polar surface area (TPSA) is 80.4 Å². The molecule has 1 heterocycles. The minimum absolute atomic E-state index is 0.203. The molecule has 7 heteroatoms. The van der Waals surface area contributed by atoms with E-state index >= 15 is 0 Å². The molecule has 0 spiro atoms. The van der Waals surface area contributed by atoms with Crippen molar-refractivity contribution >= 4 is 12.1 Å². The van der Waals surface area contributed by atoms with Crippen molar-refractivity contribution in [3.63, 3.8) is 0 Å². The zero-order valence-electron chi connectivity index (χ0n) is 14.5. The summed E-state index contributed by atoms with van der Waals surface area (Å²) in [6.07, 6.45) is -0.0678. The Balaban J connectivity index is 2.35. The molecule has 1 aliphatic heterocycles.